The Hall–Kier alpha value is -17.3. The third kappa shape index (κ3) is 14.5. The van der Waals surface area contributed by atoms with Crippen molar-refractivity contribution >= 4 is 82.4 Å². The molecule has 4 aliphatic rings. The van der Waals surface area contributed by atoms with E-state index in [1.165, 1.54) is 0 Å². The lowest BCUT2D eigenvalue weighted by molar-refractivity contribution is 0.370. The van der Waals surface area contributed by atoms with Crippen LogP contribution in [0.25, 0.3) is 43.1 Å². The van der Waals surface area contributed by atoms with E-state index in [2.05, 4.69) is 217 Å². The number of rotatable bonds is 20. The van der Waals surface area contributed by atoms with E-state index in [4.69, 9.17) is 18.9 Å². The predicted molar refractivity (Wildman–Crippen MR) is 586 cm³/mol. The topological polar surface area (TPSA) is 173 Å². The highest BCUT2D eigenvalue weighted by Crippen LogP contribution is 2.62. The Bertz CT molecular complexity index is 8430. The van der Waals surface area contributed by atoms with E-state index in [0.717, 1.165) is 110 Å². The maximum Gasteiger partial charge on any atom is 0.207 e. The molecule has 720 valence electrons. The number of benzene rings is 20. The number of hydrogen-bond acceptors (Lipinski definition) is 12. The van der Waals surface area contributed by atoms with Crippen LogP contribution in [-0.2, 0) is 66.4 Å². The molecule has 0 bridgehead atoms. The summed E-state index contributed by atoms with van der Waals surface area (Å²) in [6.45, 7) is 7.89. The molecule has 4 heterocycles. The summed E-state index contributed by atoms with van der Waals surface area (Å²) in [7, 11) is -16.8. The molecule has 149 heavy (non-hydrogen) atoms. The van der Waals surface area contributed by atoms with Gasteiger partial charge in [0.05, 0.1) is 66.2 Å². The van der Waals surface area contributed by atoms with Crippen LogP contribution in [0.1, 0.15) is 139 Å². The monoisotopic (exact) mass is 2010 g/mol. The van der Waals surface area contributed by atoms with Crippen molar-refractivity contribution < 1.29 is 52.6 Å². The van der Waals surface area contributed by atoms with Crippen molar-refractivity contribution in [1.82, 2.24) is 0 Å². The van der Waals surface area contributed by atoms with E-state index in [9.17, 15) is 0 Å². The molecule has 24 rings (SSSR count). The fraction of sp³-hybridized carbons (Fsp3) is 0.0977. The minimum Gasteiger partial charge on any atom is -0.481 e. The van der Waals surface area contributed by atoms with Gasteiger partial charge in [0.15, 0.2) is 0 Å². The Morgan fingerprint density at radius 1 is 0.188 bits per heavy atom. The van der Waals surface area contributed by atoms with E-state index >= 15 is 33.7 Å². The molecule has 0 aromatic heterocycles. The van der Waals surface area contributed by atoms with E-state index < -0.39 is 66.4 Å². The lowest BCUT2D eigenvalue weighted by Gasteiger charge is -2.44. The second kappa shape index (κ2) is 36.7. The predicted octanol–water partition coefficient (Wildman–Crippen LogP) is 26.4. The standard InChI is InChI=1S/C133H92O12S4/c1-5-9-77-142-109-73-49-89-81-105(53-45-93(89)85-109)130(113-29-13-21-37-121(113)146(134,135)122-38-22-14-30-114(122)130)101-65-57-97(58-66-101)129(98-59-67-102(68-60-98)131(106-54-46-94-86-110(143-78-10-6-2)74-50-90(94)82-106)115-31-15-23-39-123(115)147(136,137)124-40-24-16-32-116(124)131,99-61-69-103(70-62-99)132(107-55-47-95-87-111(144-79-11-7-3)75-51-91(95)83-107)117-33-17-25-41-125(117)148(138,139)126-42-26-18-34-118(126)132)100-63-71-104(72-64-100)133(108-56-48-96-88-112(145-80-12-8-4)76-52-92(96)84-108)119-35-19-27-43-127(119)149(140,141)128-44-28-20-36-120(128)133/h13-76,81-88H,77-80H2,1-4H3. The molecule has 0 aliphatic carbocycles. The summed E-state index contributed by atoms with van der Waals surface area (Å²) in [5.41, 5.74) is 6.28. The van der Waals surface area contributed by atoms with Gasteiger partial charge in [0.25, 0.3) is 0 Å². The first-order chi connectivity index (χ1) is 72.7. The fourth-order valence-electron chi connectivity index (χ4n) is 24.1. The number of hydrogen-bond donors (Lipinski definition) is 0. The van der Waals surface area contributed by atoms with Gasteiger partial charge in [-0.2, -0.15) is 0 Å². The number of fused-ring (bicyclic) bond motifs is 12. The van der Waals surface area contributed by atoms with Gasteiger partial charge in [-0.1, -0.05) is 339 Å². The van der Waals surface area contributed by atoms with Crippen LogP contribution in [0.4, 0.5) is 0 Å². The van der Waals surface area contributed by atoms with E-state index in [0.29, 0.717) is 67.5 Å². The molecule has 0 radical (unpaired) electrons. The summed E-state index contributed by atoms with van der Waals surface area (Å²) in [6, 6.07) is 142. The highest BCUT2D eigenvalue weighted by atomic mass is 32.2. The number of sulfone groups is 4. The van der Waals surface area contributed by atoms with Crippen LogP contribution in [-0.4, -0.2) is 60.1 Å². The molecular formula is C133H92O12S4. The van der Waals surface area contributed by atoms with Crippen LogP contribution in [0.5, 0.6) is 23.0 Å². The molecule has 16 heteroatoms. The smallest absolute Gasteiger partial charge is 0.207 e. The van der Waals surface area contributed by atoms with Gasteiger partial charge in [0.2, 0.25) is 39.3 Å². The lowest BCUT2D eigenvalue weighted by atomic mass is 9.60. The molecule has 0 N–H and O–H groups in total. The second-order valence-electron chi connectivity index (χ2n) is 37.8. The van der Waals surface area contributed by atoms with Crippen molar-refractivity contribution in [1.29, 1.82) is 0 Å². The van der Waals surface area contributed by atoms with Crippen LogP contribution in [0.2, 0.25) is 0 Å². The summed E-state index contributed by atoms with van der Waals surface area (Å²) in [5, 5.41) is 7.02. The zero-order chi connectivity index (χ0) is 102. The van der Waals surface area contributed by atoms with E-state index in [1.54, 1.807) is 125 Å². The summed E-state index contributed by atoms with van der Waals surface area (Å²) in [6.07, 6.45) is 0. The van der Waals surface area contributed by atoms with Crippen molar-refractivity contribution in [2.45, 2.75) is 93.9 Å². The second-order valence-corrected chi connectivity index (χ2v) is 45.3. The molecule has 0 spiro atoms. The zero-order valence-corrected chi connectivity index (χ0v) is 84.7. The minimum absolute atomic E-state index is 0.150. The van der Waals surface area contributed by atoms with Crippen molar-refractivity contribution in [2.24, 2.45) is 0 Å². The first kappa shape index (κ1) is 94.0. The van der Waals surface area contributed by atoms with Gasteiger partial charge < -0.3 is 18.9 Å². The molecule has 20 aromatic carbocycles. The highest BCUT2D eigenvalue weighted by molar-refractivity contribution is 7.92. The number of ether oxygens (including phenoxy) is 4. The Morgan fingerprint density at radius 3 is 0.517 bits per heavy atom. The molecule has 12 nitrogen and oxygen atoms in total. The summed E-state index contributed by atoms with van der Waals surface area (Å²) < 4.78 is 151. The Labute approximate surface area is 867 Å². The maximum absolute atomic E-state index is 15.8. The van der Waals surface area contributed by atoms with E-state index in [-0.39, 0.29) is 65.6 Å². The third-order valence-corrected chi connectivity index (χ3v) is 38.1. The minimum atomic E-state index is -4.19. The van der Waals surface area contributed by atoms with Crippen molar-refractivity contribution in [3.05, 3.63) is 548 Å². The molecule has 0 atom stereocenters. The van der Waals surface area contributed by atoms with Gasteiger partial charge in [-0.25, -0.2) is 33.7 Å². The van der Waals surface area contributed by atoms with Crippen LogP contribution in [0.3, 0.4) is 0 Å². The van der Waals surface area contributed by atoms with Crippen molar-refractivity contribution in [3.8, 4) is 70.4 Å². The first-order valence-corrected chi connectivity index (χ1v) is 55.1. The normalized spacial score (nSPS) is 15.1. The third-order valence-electron chi connectivity index (χ3n) is 30.6. The Kier molecular flexibility index (Phi) is 23.2. The summed E-state index contributed by atoms with van der Waals surface area (Å²) >= 11 is 0. The SMILES string of the molecule is CC#CCOc1ccc2cc(C3(c4ccc(C(c5ccc(C6(c7ccc8cc(OCC#CC)ccc8c7)c7ccccc7S(=O)(=O)c7ccccc76)cc5)(c5ccc(C6(c7ccc8cc(OCC#CC)ccc8c7)c7ccccc7S(=O)(=O)c7ccccc76)cc5)c5ccc(C6(c7ccc8cc(OCC#CC)ccc8c7)c7ccccc7S(=O)(=O)c7ccccc76)cc5)cc4)c4ccccc4S(=O)(=O)c4ccccc43)ccc2c1. The highest BCUT2D eigenvalue weighted by Gasteiger charge is 2.55. The Morgan fingerprint density at radius 2 is 0.342 bits per heavy atom. The average Bonchev–Trinajstić information content (AvgIpc) is 0.693. The van der Waals surface area contributed by atoms with Gasteiger partial charge in [0.1, 0.15) is 49.4 Å². The quantitative estimate of drug-likeness (QED) is 0.0523. The van der Waals surface area contributed by atoms with Crippen LogP contribution in [0.15, 0.2) is 476 Å². The average molecular weight is 2010 g/mol. The molecule has 0 saturated carbocycles. The maximum atomic E-state index is 15.8. The molecule has 4 aliphatic heterocycles. The van der Waals surface area contributed by atoms with Crippen LogP contribution in [0, 0.1) is 47.4 Å². The zero-order valence-electron chi connectivity index (χ0n) is 81.4. The van der Waals surface area contributed by atoms with Crippen LogP contribution >= 0.6 is 0 Å². The molecule has 0 fully saturated rings. The van der Waals surface area contributed by atoms with Crippen molar-refractivity contribution in [2.75, 3.05) is 26.4 Å². The van der Waals surface area contributed by atoms with E-state index in [1.807, 2.05) is 170 Å². The van der Waals surface area contributed by atoms with Gasteiger partial charge in [-0.05, 0) is 303 Å². The van der Waals surface area contributed by atoms with Crippen molar-refractivity contribution in [3.63, 3.8) is 0 Å². The molecule has 0 unspecified atom stereocenters. The molecule has 0 saturated heterocycles. The molecule has 0 amide bonds. The summed E-state index contributed by atoms with van der Waals surface area (Å²) in [4.78, 5) is 1.20. The van der Waals surface area contributed by atoms with Gasteiger partial charge in [-0.3, -0.25) is 0 Å². The Balaban J connectivity index is 0.814. The summed E-state index contributed by atoms with van der Waals surface area (Å²) in [5.74, 6) is 26.3. The molecular weight excluding hydrogens is 1920 g/mol. The lowest BCUT2D eigenvalue weighted by Crippen LogP contribution is -2.39. The van der Waals surface area contributed by atoms with Gasteiger partial charge in [-0.15, -0.1) is 23.7 Å². The largest absolute Gasteiger partial charge is 0.481 e. The fourth-order valence-corrected chi connectivity index (χ4v) is 31.2. The van der Waals surface area contributed by atoms with Crippen LogP contribution < -0.4 is 18.9 Å². The first-order valence-electron chi connectivity index (χ1n) is 49.2. The van der Waals surface area contributed by atoms with Gasteiger partial charge in [0, 0.05) is 0 Å². The molecule has 20 aromatic rings. The van der Waals surface area contributed by atoms with Gasteiger partial charge >= 0.3 is 0 Å².